The lowest BCUT2D eigenvalue weighted by Crippen LogP contribution is -2.54. The van der Waals surface area contributed by atoms with Crippen LogP contribution in [0.4, 0.5) is 9.18 Å². The quantitative estimate of drug-likeness (QED) is 0.760. The molecule has 2 atom stereocenters. The van der Waals surface area contributed by atoms with Gasteiger partial charge in [0, 0.05) is 6.54 Å². The molecule has 1 heterocycles. The number of carbonyl (C=O) groups excluding carboxylic acids is 3. The molecule has 28 heavy (non-hydrogen) atoms. The van der Waals surface area contributed by atoms with E-state index in [2.05, 4.69) is 31.4 Å². The zero-order valence-corrected chi connectivity index (χ0v) is 16.7. The molecular weight excluding hydrogens is 361 g/mol. The third-order valence-corrected chi connectivity index (χ3v) is 5.60. The van der Waals surface area contributed by atoms with Gasteiger partial charge in [-0.2, -0.15) is 0 Å². The summed E-state index contributed by atoms with van der Waals surface area (Å²) >= 11 is 0. The molecule has 0 bridgehead atoms. The molecule has 1 spiro atoms. The Hall–Kier alpha value is -2.44. The van der Waals surface area contributed by atoms with Crippen LogP contribution in [0.15, 0.2) is 24.3 Å². The van der Waals surface area contributed by atoms with E-state index < -0.39 is 17.5 Å². The smallest absolute Gasteiger partial charge is 0.325 e. The lowest BCUT2D eigenvalue weighted by molar-refractivity contribution is -0.137. The van der Waals surface area contributed by atoms with Gasteiger partial charge in [0.1, 0.15) is 17.9 Å². The highest BCUT2D eigenvalue weighted by atomic mass is 19.1. The predicted molar refractivity (Wildman–Crippen MR) is 103 cm³/mol. The number of imide groups is 1. The van der Waals surface area contributed by atoms with E-state index in [0.29, 0.717) is 30.7 Å². The largest absolute Gasteiger partial charge is 0.354 e. The Bertz CT molecular complexity index is 795. The zero-order valence-electron chi connectivity index (χ0n) is 16.7. The van der Waals surface area contributed by atoms with Crippen LogP contribution in [0.1, 0.15) is 45.6 Å². The summed E-state index contributed by atoms with van der Waals surface area (Å²) in [5, 5.41) is 5.52. The summed E-state index contributed by atoms with van der Waals surface area (Å²) in [6, 6.07) is 5.86. The highest BCUT2D eigenvalue weighted by Crippen LogP contribution is 2.46. The minimum absolute atomic E-state index is 0.0569. The van der Waals surface area contributed by atoms with Crippen LogP contribution >= 0.6 is 0 Å². The van der Waals surface area contributed by atoms with E-state index in [4.69, 9.17) is 0 Å². The van der Waals surface area contributed by atoms with Crippen LogP contribution in [-0.2, 0) is 16.0 Å². The van der Waals surface area contributed by atoms with Crippen molar-refractivity contribution >= 4 is 17.8 Å². The van der Waals surface area contributed by atoms with E-state index in [-0.39, 0.29) is 30.2 Å². The SMILES string of the molecule is CC1CC(C)(C)CC2(C1)NC(=O)N(CC(=O)NCCc1ccccc1F)C2=O. The minimum atomic E-state index is -0.911. The molecule has 3 rings (SSSR count). The van der Waals surface area contributed by atoms with Crippen molar-refractivity contribution < 1.29 is 18.8 Å². The Labute approximate surface area is 164 Å². The molecule has 0 radical (unpaired) electrons. The summed E-state index contributed by atoms with van der Waals surface area (Å²) in [6.45, 7) is 6.20. The lowest BCUT2D eigenvalue weighted by atomic mass is 9.64. The van der Waals surface area contributed by atoms with E-state index in [0.717, 1.165) is 11.3 Å². The second-order valence-electron chi connectivity index (χ2n) is 8.95. The van der Waals surface area contributed by atoms with Crippen LogP contribution in [0.3, 0.4) is 0 Å². The minimum Gasteiger partial charge on any atom is -0.354 e. The number of carbonyl (C=O) groups is 3. The Morgan fingerprint density at radius 2 is 2.00 bits per heavy atom. The Morgan fingerprint density at radius 1 is 1.29 bits per heavy atom. The number of nitrogens with one attached hydrogen (secondary N) is 2. The Kier molecular flexibility index (Phi) is 5.46. The standard InChI is InChI=1S/C21H28FN3O3/c1-14-10-20(2,3)13-21(11-14)18(27)25(19(28)24-21)12-17(26)23-9-8-15-6-4-5-7-16(15)22/h4-7,14H,8-13H2,1-3H3,(H,23,26)(H,24,28). The van der Waals surface area contributed by atoms with Crippen LogP contribution in [0.2, 0.25) is 0 Å². The molecule has 1 saturated carbocycles. The lowest BCUT2D eigenvalue weighted by Gasteiger charge is -2.43. The monoisotopic (exact) mass is 389 g/mol. The van der Waals surface area contributed by atoms with Crippen LogP contribution < -0.4 is 10.6 Å². The number of amides is 4. The van der Waals surface area contributed by atoms with Gasteiger partial charge in [-0.1, -0.05) is 39.0 Å². The summed E-state index contributed by atoms with van der Waals surface area (Å²) in [7, 11) is 0. The van der Waals surface area contributed by atoms with Crippen molar-refractivity contribution in [2.45, 2.75) is 52.0 Å². The van der Waals surface area contributed by atoms with E-state index in [1.807, 2.05) is 0 Å². The molecule has 7 heteroatoms. The van der Waals surface area contributed by atoms with Gasteiger partial charge in [-0.15, -0.1) is 0 Å². The second kappa shape index (κ2) is 7.53. The van der Waals surface area contributed by atoms with Gasteiger partial charge in [0.2, 0.25) is 5.91 Å². The zero-order chi connectivity index (χ0) is 20.5. The van der Waals surface area contributed by atoms with Crippen LogP contribution in [0, 0.1) is 17.2 Å². The fraction of sp³-hybridized carbons (Fsp3) is 0.571. The van der Waals surface area contributed by atoms with E-state index in [9.17, 15) is 18.8 Å². The maximum Gasteiger partial charge on any atom is 0.325 e. The van der Waals surface area contributed by atoms with Gasteiger partial charge in [-0.3, -0.25) is 14.5 Å². The summed E-state index contributed by atoms with van der Waals surface area (Å²) in [5.74, 6) is -0.759. The van der Waals surface area contributed by atoms with Crippen LogP contribution in [-0.4, -0.2) is 41.4 Å². The molecule has 2 unspecified atom stereocenters. The van der Waals surface area contributed by atoms with Gasteiger partial charge in [0.05, 0.1) is 0 Å². The van der Waals surface area contributed by atoms with Gasteiger partial charge in [0.15, 0.2) is 0 Å². The van der Waals surface area contributed by atoms with Gasteiger partial charge in [-0.05, 0) is 48.6 Å². The van der Waals surface area contributed by atoms with Gasteiger partial charge in [-0.25, -0.2) is 9.18 Å². The van der Waals surface area contributed by atoms with Crippen LogP contribution in [0.5, 0.6) is 0 Å². The third kappa shape index (κ3) is 4.18. The summed E-state index contributed by atoms with van der Waals surface area (Å²) in [6.07, 6.45) is 2.50. The van der Waals surface area contributed by atoms with Gasteiger partial charge >= 0.3 is 6.03 Å². The van der Waals surface area contributed by atoms with Crippen LogP contribution in [0.25, 0.3) is 0 Å². The first kappa shape index (κ1) is 20.3. The number of halogens is 1. The Morgan fingerprint density at radius 3 is 2.68 bits per heavy atom. The van der Waals surface area contributed by atoms with Crippen molar-refractivity contribution in [3.05, 3.63) is 35.6 Å². The van der Waals surface area contributed by atoms with Crippen molar-refractivity contribution in [3.8, 4) is 0 Å². The van der Waals surface area contributed by atoms with Crippen molar-refractivity contribution in [1.29, 1.82) is 0 Å². The first-order chi connectivity index (χ1) is 13.1. The fourth-order valence-corrected chi connectivity index (χ4v) is 4.89. The van der Waals surface area contributed by atoms with Gasteiger partial charge in [0.25, 0.3) is 5.91 Å². The van der Waals surface area contributed by atoms with E-state index in [1.54, 1.807) is 18.2 Å². The molecule has 1 aliphatic carbocycles. The summed E-state index contributed by atoms with van der Waals surface area (Å²) in [4.78, 5) is 38.7. The first-order valence-electron chi connectivity index (χ1n) is 9.76. The predicted octanol–water partition coefficient (Wildman–Crippen LogP) is 2.62. The van der Waals surface area contributed by atoms with Crippen molar-refractivity contribution in [2.75, 3.05) is 13.1 Å². The molecule has 2 aliphatic rings. The van der Waals surface area contributed by atoms with Crippen molar-refractivity contribution in [1.82, 2.24) is 15.5 Å². The number of hydrogen-bond donors (Lipinski definition) is 2. The molecule has 1 aliphatic heterocycles. The highest BCUT2D eigenvalue weighted by molar-refractivity contribution is 6.09. The maximum atomic E-state index is 13.6. The summed E-state index contributed by atoms with van der Waals surface area (Å²) < 4.78 is 13.6. The van der Waals surface area contributed by atoms with Gasteiger partial charge < -0.3 is 10.6 Å². The van der Waals surface area contributed by atoms with E-state index in [1.165, 1.54) is 6.07 Å². The van der Waals surface area contributed by atoms with Crippen molar-refractivity contribution in [2.24, 2.45) is 11.3 Å². The summed E-state index contributed by atoms with van der Waals surface area (Å²) in [5.41, 5.74) is -0.459. The molecule has 0 aromatic heterocycles. The number of urea groups is 1. The maximum absolute atomic E-state index is 13.6. The van der Waals surface area contributed by atoms with Crippen molar-refractivity contribution in [3.63, 3.8) is 0 Å². The van der Waals surface area contributed by atoms with E-state index >= 15 is 0 Å². The molecule has 1 aromatic rings. The average molecular weight is 389 g/mol. The molecule has 6 nitrogen and oxygen atoms in total. The molecule has 4 amide bonds. The molecular formula is C21H28FN3O3. The number of rotatable bonds is 5. The normalized spacial score (nSPS) is 26.4. The third-order valence-electron chi connectivity index (χ3n) is 5.60. The Balaban J connectivity index is 1.58. The molecule has 1 aromatic carbocycles. The molecule has 2 fully saturated rings. The second-order valence-corrected chi connectivity index (χ2v) is 8.95. The molecule has 1 saturated heterocycles. The fourth-order valence-electron chi connectivity index (χ4n) is 4.89. The number of nitrogens with zero attached hydrogens (tertiary/aromatic N) is 1. The number of hydrogen-bond acceptors (Lipinski definition) is 3. The first-order valence-corrected chi connectivity index (χ1v) is 9.76. The highest BCUT2D eigenvalue weighted by Gasteiger charge is 2.56. The molecule has 152 valence electrons. The topological polar surface area (TPSA) is 78.5 Å². The number of benzene rings is 1. The molecule has 2 N–H and O–H groups in total. The average Bonchev–Trinajstić information content (AvgIpc) is 2.78.